The van der Waals surface area contributed by atoms with Gasteiger partial charge < -0.3 is 4.90 Å². The van der Waals surface area contributed by atoms with Crippen LogP contribution >= 0.6 is 11.6 Å². The lowest BCUT2D eigenvalue weighted by molar-refractivity contribution is 0.419. The fourth-order valence-corrected chi connectivity index (χ4v) is 3.82. The molecule has 21 heavy (non-hydrogen) atoms. The Morgan fingerprint density at radius 2 is 1.95 bits per heavy atom. The zero-order valence-corrected chi connectivity index (χ0v) is 12.6. The van der Waals surface area contributed by atoms with Crippen LogP contribution in [0.25, 0.3) is 10.9 Å². The summed E-state index contributed by atoms with van der Waals surface area (Å²) in [7, 11) is 0. The van der Waals surface area contributed by atoms with Gasteiger partial charge in [-0.1, -0.05) is 30.9 Å². The lowest BCUT2D eigenvalue weighted by Crippen LogP contribution is -2.36. The van der Waals surface area contributed by atoms with E-state index in [0.717, 1.165) is 24.6 Å². The normalized spacial score (nSPS) is 19.2. The Balaban J connectivity index is 1.83. The average molecular weight is 304 g/mol. The van der Waals surface area contributed by atoms with Crippen molar-refractivity contribution in [2.75, 3.05) is 11.4 Å². The molecule has 0 spiro atoms. The molecule has 2 aliphatic rings. The molecule has 1 aromatic heterocycles. The zero-order chi connectivity index (χ0) is 14.4. The first-order valence-corrected chi connectivity index (χ1v) is 8.08. The third-order valence-electron chi connectivity index (χ3n) is 4.73. The molecule has 1 aliphatic heterocycles. The minimum absolute atomic E-state index is 0.0378. The Hall–Kier alpha value is -1.55. The van der Waals surface area contributed by atoms with Gasteiger partial charge in [-0.25, -0.2) is 4.98 Å². The number of hydrogen-bond acceptors (Lipinski definition) is 3. The van der Waals surface area contributed by atoms with Crippen molar-refractivity contribution in [3.8, 4) is 0 Å². The van der Waals surface area contributed by atoms with Crippen molar-refractivity contribution in [3.05, 3.63) is 33.6 Å². The molecule has 4 rings (SSSR count). The van der Waals surface area contributed by atoms with Crippen LogP contribution in [0.3, 0.4) is 0 Å². The third kappa shape index (κ3) is 2.13. The highest BCUT2D eigenvalue weighted by Crippen LogP contribution is 2.29. The zero-order valence-electron chi connectivity index (χ0n) is 11.9. The summed E-state index contributed by atoms with van der Waals surface area (Å²) >= 11 is 6.01. The lowest BCUT2D eigenvalue weighted by Gasteiger charge is -2.31. The molecule has 0 radical (unpaired) electrons. The maximum atomic E-state index is 12.6. The molecule has 2 heterocycles. The van der Waals surface area contributed by atoms with Crippen LogP contribution in [0, 0.1) is 0 Å². The summed E-state index contributed by atoms with van der Waals surface area (Å²) in [5.74, 6) is 0.849. The van der Waals surface area contributed by atoms with Gasteiger partial charge in [0, 0.05) is 24.2 Å². The Morgan fingerprint density at radius 1 is 1.14 bits per heavy atom. The SMILES string of the molecule is O=c1c2cc(Cl)ccc2nc2n1CCN2C1CCCCC1. The van der Waals surface area contributed by atoms with Gasteiger partial charge in [-0.15, -0.1) is 0 Å². The van der Waals surface area contributed by atoms with Crippen molar-refractivity contribution in [2.24, 2.45) is 0 Å². The van der Waals surface area contributed by atoms with E-state index in [2.05, 4.69) is 4.90 Å². The standard InChI is InChI=1S/C16H18ClN3O/c17-11-6-7-14-13(10-11)15(21)20-9-8-19(16(20)18-14)12-4-2-1-3-5-12/h6-7,10,12H,1-5,8-9H2. The molecule has 0 atom stereocenters. The highest BCUT2D eigenvalue weighted by atomic mass is 35.5. The van der Waals surface area contributed by atoms with E-state index in [1.165, 1.54) is 32.1 Å². The highest BCUT2D eigenvalue weighted by molar-refractivity contribution is 6.31. The largest absolute Gasteiger partial charge is 0.337 e. The summed E-state index contributed by atoms with van der Waals surface area (Å²) in [5.41, 5.74) is 0.786. The Morgan fingerprint density at radius 3 is 2.76 bits per heavy atom. The van der Waals surface area contributed by atoms with Crippen molar-refractivity contribution in [1.82, 2.24) is 9.55 Å². The first-order valence-electron chi connectivity index (χ1n) is 7.71. The summed E-state index contributed by atoms with van der Waals surface area (Å²) in [4.78, 5) is 19.7. The number of rotatable bonds is 1. The van der Waals surface area contributed by atoms with Crippen LogP contribution in [-0.4, -0.2) is 22.1 Å². The number of anilines is 1. The van der Waals surface area contributed by atoms with E-state index in [1.54, 1.807) is 12.1 Å². The minimum atomic E-state index is 0.0378. The van der Waals surface area contributed by atoms with Crippen LogP contribution in [0.5, 0.6) is 0 Å². The van der Waals surface area contributed by atoms with Crippen molar-refractivity contribution in [2.45, 2.75) is 44.7 Å². The first-order chi connectivity index (χ1) is 10.2. The highest BCUT2D eigenvalue weighted by Gasteiger charge is 2.29. The van der Waals surface area contributed by atoms with Gasteiger partial charge >= 0.3 is 0 Å². The molecule has 2 aromatic rings. The summed E-state index contributed by atoms with van der Waals surface area (Å²) in [5, 5.41) is 1.21. The fraction of sp³-hybridized carbons (Fsp3) is 0.500. The summed E-state index contributed by atoms with van der Waals surface area (Å²) in [6, 6.07) is 5.91. The fourth-order valence-electron chi connectivity index (χ4n) is 3.65. The third-order valence-corrected chi connectivity index (χ3v) is 4.97. The predicted molar refractivity (Wildman–Crippen MR) is 85.2 cm³/mol. The number of fused-ring (bicyclic) bond motifs is 2. The smallest absolute Gasteiger partial charge is 0.262 e. The van der Waals surface area contributed by atoms with E-state index < -0.39 is 0 Å². The van der Waals surface area contributed by atoms with Crippen molar-refractivity contribution in [3.63, 3.8) is 0 Å². The van der Waals surface area contributed by atoms with Crippen LogP contribution in [-0.2, 0) is 6.54 Å². The van der Waals surface area contributed by atoms with E-state index >= 15 is 0 Å². The van der Waals surface area contributed by atoms with Gasteiger partial charge in [-0.05, 0) is 31.0 Å². The van der Waals surface area contributed by atoms with Crippen LogP contribution in [0.1, 0.15) is 32.1 Å². The van der Waals surface area contributed by atoms with Crippen molar-refractivity contribution >= 4 is 28.5 Å². The first kappa shape index (κ1) is 13.1. The number of benzene rings is 1. The monoisotopic (exact) mass is 303 g/mol. The van der Waals surface area contributed by atoms with Gasteiger partial charge in [0.2, 0.25) is 5.95 Å². The molecule has 0 unspecified atom stereocenters. The molecule has 0 amide bonds. The van der Waals surface area contributed by atoms with Gasteiger partial charge in [0.25, 0.3) is 5.56 Å². The number of hydrogen-bond donors (Lipinski definition) is 0. The number of aromatic nitrogens is 2. The van der Waals surface area contributed by atoms with Crippen LogP contribution in [0.15, 0.2) is 23.0 Å². The minimum Gasteiger partial charge on any atom is -0.337 e. The Kier molecular flexibility index (Phi) is 3.14. The topological polar surface area (TPSA) is 38.1 Å². The Bertz CT molecular complexity index is 749. The van der Waals surface area contributed by atoms with Crippen LogP contribution in [0.2, 0.25) is 5.02 Å². The predicted octanol–water partition coefficient (Wildman–Crippen LogP) is 3.20. The summed E-state index contributed by atoms with van der Waals surface area (Å²) < 4.78 is 1.81. The van der Waals surface area contributed by atoms with Crippen LogP contribution in [0.4, 0.5) is 5.95 Å². The lowest BCUT2D eigenvalue weighted by atomic mass is 9.94. The molecule has 1 fully saturated rings. The number of halogens is 1. The van der Waals surface area contributed by atoms with Gasteiger partial charge in [0.15, 0.2) is 0 Å². The summed E-state index contributed by atoms with van der Waals surface area (Å²) in [6.45, 7) is 1.64. The van der Waals surface area contributed by atoms with Gasteiger partial charge in [0.05, 0.1) is 10.9 Å². The average Bonchev–Trinajstić information content (AvgIpc) is 2.93. The number of nitrogens with zero attached hydrogens (tertiary/aromatic N) is 3. The molecule has 0 bridgehead atoms. The summed E-state index contributed by atoms with van der Waals surface area (Å²) in [6.07, 6.45) is 6.34. The molecule has 1 saturated carbocycles. The molecule has 110 valence electrons. The molecule has 0 saturated heterocycles. The van der Waals surface area contributed by atoms with Crippen LogP contribution < -0.4 is 10.5 Å². The molecular formula is C16H18ClN3O. The molecular weight excluding hydrogens is 286 g/mol. The second-order valence-electron chi connectivity index (χ2n) is 6.02. The maximum absolute atomic E-state index is 12.6. The Labute approximate surface area is 128 Å². The van der Waals surface area contributed by atoms with E-state index in [0.29, 0.717) is 16.5 Å². The second-order valence-corrected chi connectivity index (χ2v) is 6.45. The molecule has 1 aliphatic carbocycles. The molecule has 4 nitrogen and oxygen atoms in total. The molecule has 0 N–H and O–H groups in total. The van der Waals surface area contributed by atoms with Gasteiger partial charge in [0.1, 0.15) is 0 Å². The van der Waals surface area contributed by atoms with Gasteiger partial charge in [-0.3, -0.25) is 9.36 Å². The molecule has 5 heteroatoms. The van der Waals surface area contributed by atoms with E-state index in [9.17, 15) is 4.79 Å². The maximum Gasteiger partial charge on any atom is 0.262 e. The van der Waals surface area contributed by atoms with E-state index in [1.807, 2.05) is 10.6 Å². The quantitative estimate of drug-likeness (QED) is 0.812. The van der Waals surface area contributed by atoms with E-state index in [-0.39, 0.29) is 5.56 Å². The second kappa shape index (κ2) is 5.02. The van der Waals surface area contributed by atoms with Gasteiger partial charge in [-0.2, -0.15) is 0 Å². The van der Waals surface area contributed by atoms with Crippen molar-refractivity contribution < 1.29 is 0 Å². The molecule has 1 aromatic carbocycles. The van der Waals surface area contributed by atoms with E-state index in [4.69, 9.17) is 16.6 Å². The van der Waals surface area contributed by atoms with Crippen molar-refractivity contribution in [1.29, 1.82) is 0 Å².